The zero-order valence-electron chi connectivity index (χ0n) is 9.06. The minimum absolute atomic E-state index is 0.228. The molecule has 0 atom stereocenters. The number of hydrogen-bond acceptors (Lipinski definition) is 2. The van der Waals surface area contributed by atoms with Crippen molar-refractivity contribution < 1.29 is 9.90 Å². The standard InChI is InChI=1S/C9H20N2O2/c1-8(2,6-9(3,4)13)11-7(12)10-5/h13H,6H2,1-5H3,(H2,10,11,12). The molecule has 0 unspecified atom stereocenters. The van der Waals surface area contributed by atoms with Gasteiger partial charge in [-0.3, -0.25) is 0 Å². The number of hydrogen-bond donors (Lipinski definition) is 3. The molecule has 0 fully saturated rings. The molecule has 4 heteroatoms. The van der Waals surface area contributed by atoms with Crippen LogP contribution in [0.15, 0.2) is 0 Å². The zero-order valence-corrected chi connectivity index (χ0v) is 9.06. The summed E-state index contributed by atoms with van der Waals surface area (Å²) >= 11 is 0. The first kappa shape index (κ1) is 12.2. The minimum atomic E-state index is -0.773. The van der Waals surface area contributed by atoms with Crippen LogP contribution in [0.25, 0.3) is 0 Å². The Balaban J connectivity index is 4.16. The third-order valence-corrected chi connectivity index (χ3v) is 1.55. The van der Waals surface area contributed by atoms with E-state index in [2.05, 4.69) is 10.6 Å². The number of carbonyl (C=O) groups excluding carboxylic acids is 1. The molecule has 0 saturated heterocycles. The number of carbonyl (C=O) groups is 1. The van der Waals surface area contributed by atoms with Gasteiger partial charge < -0.3 is 15.7 Å². The van der Waals surface area contributed by atoms with E-state index in [9.17, 15) is 9.90 Å². The van der Waals surface area contributed by atoms with E-state index in [1.807, 2.05) is 13.8 Å². The van der Waals surface area contributed by atoms with Crippen molar-refractivity contribution in [3.63, 3.8) is 0 Å². The Bertz CT molecular complexity index is 183. The molecule has 78 valence electrons. The van der Waals surface area contributed by atoms with Crippen molar-refractivity contribution in [3.8, 4) is 0 Å². The van der Waals surface area contributed by atoms with Crippen molar-refractivity contribution in [1.29, 1.82) is 0 Å². The monoisotopic (exact) mass is 188 g/mol. The van der Waals surface area contributed by atoms with E-state index in [4.69, 9.17) is 0 Å². The van der Waals surface area contributed by atoms with Crippen LogP contribution in [-0.2, 0) is 0 Å². The highest BCUT2D eigenvalue weighted by Crippen LogP contribution is 2.18. The average molecular weight is 188 g/mol. The van der Waals surface area contributed by atoms with Crippen molar-refractivity contribution in [2.75, 3.05) is 7.05 Å². The second-order valence-electron chi connectivity index (χ2n) is 4.58. The van der Waals surface area contributed by atoms with E-state index in [1.165, 1.54) is 0 Å². The quantitative estimate of drug-likeness (QED) is 0.615. The van der Waals surface area contributed by atoms with E-state index in [-0.39, 0.29) is 6.03 Å². The summed E-state index contributed by atoms with van der Waals surface area (Å²) in [7, 11) is 1.56. The fraction of sp³-hybridized carbons (Fsp3) is 0.889. The van der Waals surface area contributed by atoms with Crippen LogP contribution in [0.3, 0.4) is 0 Å². The lowest BCUT2D eigenvalue weighted by Gasteiger charge is -2.32. The summed E-state index contributed by atoms with van der Waals surface area (Å²) in [5.41, 5.74) is -1.18. The second kappa shape index (κ2) is 3.96. The molecule has 3 N–H and O–H groups in total. The summed E-state index contributed by atoms with van der Waals surface area (Å²) in [5, 5.41) is 14.8. The number of amides is 2. The van der Waals surface area contributed by atoms with E-state index in [0.717, 1.165) is 0 Å². The molecule has 0 aromatic carbocycles. The van der Waals surface area contributed by atoms with E-state index < -0.39 is 11.1 Å². The molecule has 0 saturated carbocycles. The summed E-state index contributed by atoms with van der Waals surface area (Å²) in [6.45, 7) is 7.20. The zero-order chi connectivity index (χ0) is 10.7. The second-order valence-corrected chi connectivity index (χ2v) is 4.58. The van der Waals surface area contributed by atoms with Crippen LogP contribution in [0.5, 0.6) is 0 Å². The Labute approximate surface area is 79.7 Å². The van der Waals surface area contributed by atoms with Gasteiger partial charge in [0.15, 0.2) is 0 Å². The van der Waals surface area contributed by atoms with Crippen molar-refractivity contribution in [2.24, 2.45) is 0 Å². The average Bonchev–Trinajstić information content (AvgIpc) is 1.80. The van der Waals surface area contributed by atoms with Crippen molar-refractivity contribution in [3.05, 3.63) is 0 Å². The molecule has 0 radical (unpaired) electrons. The van der Waals surface area contributed by atoms with Crippen molar-refractivity contribution in [2.45, 2.75) is 45.3 Å². The normalized spacial score (nSPS) is 12.5. The maximum absolute atomic E-state index is 11.0. The number of rotatable bonds is 3. The van der Waals surface area contributed by atoms with Gasteiger partial charge in [0, 0.05) is 12.6 Å². The van der Waals surface area contributed by atoms with Crippen molar-refractivity contribution >= 4 is 6.03 Å². The lowest BCUT2D eigenvalue weighted by atomic mass is 9.90. The largest absolute Gasteiger partial charge is 0.390 e. The summed E-state index contributed by atoms with van der Waals surface area (Å²) in [6.07, 6.45) is 0.507. The van der Waals surface area contributed by atoms with Crippen LogP contribution >= 0.6 is 0 Å². The highest BCUT2D eigenvalue weighted by molar-refractivity contribution is 5.74. The molecule has 2 amide bonds. The number of urea groups is 1. The van der Waals surface area contributed by atoms with E-state index in [0.29, 0.717) is 6.42 Å². The third-order valence-electron chi connectivity index (χ3n) is 1.55. The molecule has 0 heterocycles. The van der Waals surface area contributed by atoms with Crippen LogP contribution in [0.4, 0.5) is 4.79 Å². The number of aliphatic hydroxyl groups is 1. The first-order valence-electron chi connectivity index (χ1n) is 4.38. The molecular formula is C9H20N2O2. The van der Waals surface area contributed by atoms with Gasteiger partial charge in [-0.2, -0.15) is 0 Å². The summed E-state index contributed by atoms with van der Waals surface area (Å²) < 4.78 is 0. The van der Waals surface area contributed by atoms with Crippen LogP contribution in [0.2, 0.25) is 0 Å². The molecule has 0 aliphatic heterocycles. The first-order valence-corrected chi connectivity index (χ1v) is 4.38. The maximum Gasteiger partial charge on any atom is 0.314 e. The van der Waals surface area contributed by atoms with Crippen LogP contribution < -0.4 is 10.6 Å². The van der Waals surface area contributed by atoms with Gasteiger partial charge in [-0.05, 0) is 34.1 Å². The van der Waals surface area contributed by atoms with Gasteiger partial charge in [0.25, 0.3) is 0 Å². The van der Waals surface area contributed by atoms with Gasteiger partial charge in [0.2, 0.25) is 0 Å². The third kappa shape index (κ3) is 6.40. The molecule has 0 aliphatic rings. The predicted molar refractivity (Wildman–Crippen MR) is 52.6 cm³/mol. The van der Waals surface area contributed by atoms with Gasteiger partial charge in [-0.25, -0.2) is 4.79 Å². The Morgan fingerprint density at radius 1 is 1.31 bits per heavy atom. The summed E-state index contributed by atoms with van der Waals surface area (Å²) in [5.74, 6) is 0. The minimum Gasteiger partial charge on any atom is -0.390 e. The molecule has 0 aromatic rings. The fourth-order valence-electron chi connectivity index (χ4n) is 1.50. The smallest absolute Gasteiger partial charge is 0.314 e. The molecular weight excluding hydrogens is 168 g/mol. The fourth-order valence-corrected chi connectivity index (χ4v) is 1.50. The molecule has 0 spiro atoms. The highest BCUT2D eigenvalue weighted by atomic mass is 16.3. The Morgan fingerprint density at radius 3 is 2.08 bits per heavy atom. The molecule has 13 heavy (non-hydrogen) atoms. The van der Waals surface area contributed by atoms with Crippen LogP contribution in [-0.4, -0.2) is 29.3 Å². The van der Waals surface area contributed by atoms with E-state index in [1.54, 1.807) is 20.9 Å². The maximum atomic E-state index is 11.0. The molecule has 4 nitrogen and oxygen atoms in total. The number of nitrogens with one attached hydrogen (secondary N) is 2. The van der Waals surface area contributed by atoms with E-state index >= 15 is 0 Å². The van der Waals surface area contributed by atoms with Crippen molar-refractivity contribution in [1.82, 2.24) is 10.6 Å². The highest BCUT2D eigenvalue weighted by Gasteiger charge is 2.27. The molecule has 0 aliphatic carbocycles. The van der Waals surface area contributed by atoms with Gasteiger partial charge >= 0.3 is 6.03 Å². The Kier molecular flexibility index (Phi) is 3.72. The van der Waals surface area contributed by atoms with Gasteiger partial charge in [-0.15, -0.1) is 0 Å². The first-order chi connectivity index (χ1) is 5.66. The van der Waals surface area contributed by atoms with Gasteiger partial charge in [-0.1, -0.05) is 0 Å². The summed E-state index contributed by atoms with van der Waals surface area (Å²) in [4.78, 5) is 11.0. The van der Waals surface area contributed by atoms with Gasteiger partial charge in [0.05, 0.1) is 5.60 Å². The Hall–Kier alpha value is -0.770. The van der Waals surface area contributed by atoms with Gasteiger partial charge in [0.1, 0.15) is 0 Å². The summed E-state index contributed by atoms with van der Waals surface area (Å²) in [6, 6.07) is -0.228. The molecule has 0 rings (SSSR count). The predicted octanol–water partition coefficient (Wildman–Crippen LogP) is 0.855. The lowest BCUT2D eigenvalue weighted by Crippen LogP contribution is -2.50. The topological polar surface area (TPSA) is 61.4 Å². The lowest BCUT2D eigenvalue weighted by molar-refractivity contribution is 0.0465. The molecule has 0 bridgehead atoms. The van der Waals surface area contributed by atoms with Crippen LogP contribution in [0, 0.1) is 0 Å². The van der Waals surface area contributed by atoms with Crippen LogP contribution in [0.1, 0.15) is 34.1 Å². The Morgan fingerprint density at radius 2 is 1.77 bits per heavy atom. The molecule has 0 aromatic heterocycles. The SMILES string of the molecule is CNC(=O)NC(C)(C)CC(C)(C)O.